The van der Waals surface area contributed by atoms with E-state index < -0.39 is 6.36 Å². The summed E-state index contributed by atoms with van der Waals surface area (Å²) in [4.78, 5) is 16.4. The van der Waals surface area contributed by atoms with Crippen molar-refractivity contribution in [2.24, 2.45) is 4.99 Å². The number of ether oxygens (including phenoxy) is 1. The van der Waals surface area contributed by atoms with E-state index in [2.05, 4.69) is 25.7 Å². The fourth-order valence-electron chi connectivity index (χ4n) is 3.05. The van der Waals surface area contributed by atoms with Gasteiger partial charge in [-0.25, -0.2) is 4.99 Å². The first-order valence-electron chi connectivity index (χ1n) is 9.52. The van der Waals surface area contributed by atoms with E-state index in [9.17, 15) is 18.0 Å². The highest BCUT2D eigenvalue weighted by molar-refractivity contribution is 14.0. The molecule has 0 unspecified atom stereocenters. The third-order valence-corrected chi connectivity index (χ3v) is 4.34. The summed E-state index contributed by atoms with van der Waals surface area (Å²) < 4.78 is 41.6. The minimum Gasteiger partial charge on any atom is -0.405 e. The predicted octanol–water partition coefficient (Wildman–Crippen LogP) is 3.71. The van der Waals surface area contributed by atoms with Crippen molar-refractivity contribution >= 4 is 35.8 Å². The number of nitrogens with one attached hydrogen (secondary N) is 3. The first kappa shape index (κ1) is 25.3. The zero-order valence-corrected chi connectivity index (χ0v) is 18.7. The van der Waals surface area contributed by atoms with Crippen molar-refractivity contribution < 1.29 is 22.7 Å². The number of guanidine groups is 1. The molecule has 0 aliphatic heterocycles. The Balaban J connectivity index is 0.00000420. The van der Waals surface area contributed by atoms with E-state index in [1.807, 2.05) is 6.92 Å². The van der Waals surface area contributed by atoms with Crippen LogP contribution in [0.5, 0.6) is 5.75 Å². The highest BCUT2D eigenvalue weighted by Crippen LogP contribution is 2.26. The largest absolute Gasteiger partial charge is 0.573 e. The van der Waals surface area contributed by atoms with Crippen LogP contribution in [0, 0.1) is 0 Å². The Hall–Kier alpha value is -1.72. The Labute approximate surface area is 186 Å². The Morgan fingerprint density at radius 2 is 1.86 bits per heavy atom. The molecule has 0 atom stereocenters. The van der Waals surface area contributed by atoms with Gasteiger partial charge in [0.05, 0.1) is 13.1 Å². The molecule has 6 nitrogen and oxygen atoms in total. The molecule has 29 heavy (non-hydrogen) atoms. The topological polar surface area (TPSA) is 74.8 Å². The molecule has 0 heterocycles. The highest BCUT2D eigenvalue weighted by Gasteiger charge is 2.31. The summed E-state index contributed by atoms with van der Waals surface area (Å²) in [6.07, 6.45) is 0.691. The number of nitrogens with zero attached hydrogens (tertiary/aromatic N) is 1. The van der Waals surface area contributed by atoms with Gasteiger partial charge in [-0.1, -0.05) is 37.5 Å². The van der Waals surface area contributed by atoms with Crippen molar-refractivity contribution in [2.45, 2.75) is 58.0 Å². The molecule has 0 aromatic heterocycles. The van der Waals surface area contributed by atoms with Crippen molar-refractivity contribution in [3.63, 3.8) is 0 Å². The molecule has 0 bridgehead atoms. The van der Waals surface area contributed by atoms with Crippen molar-refractivity contribution in [3.05, 3.63) is 29.8 Å². The highest BCUT2D eigenvalue weighted by atomic mass is 127. The number of hydrogen-bond acceptors (Lipinski definition) is 3. The van der Waals surface area contributed by atoms with Crippen LogP contribution < -0.4 is 20.7 Å². The number of aliphatic imine (C=N–C) groups is 1. The van der Waals surface area contributed by atoms with Crippen LogP contribution in [0.1, 0.15) is 44.6 Å². The van der Waals surface area contributed by atoms with E-state index in [0.717, 1.165) is 25.7 Å². The number of benzene rings is 1. The van der Waals surface area contributed by atoms with Gasteiger partial charge in [-0.05, 0) is 25.8 Å². The first-order chi connectivity index (χ1) is 13.4. The number of carbonyl (C=O) groups is 1. The van der Waals surface area contributed by atoms with Crippen LogP contribution in [0.25, 0.3) is 0 Å². The molecule has 3 N–H and O–H groups in total. The van der Waals surface area contributed by atoms with E-state index in [1.54, 1.807) is 6.07 Å². The lowest BCUT2D eigenvalue weighted by atomic mass is 9.95. The molecule has 1 saturated carbocycles. The second-order valence-electron chi connectivity index (χ2n) is 6.61. The maximum atomic E-state index is 12.5. The quantitative estimate of drug-likeness (QED) is 0.287. The summed E-state index contributed by atoms with van der Waals surface area (Å²) >= 11 is 0. The van der Waals surface area contributed by atoms with Gasteiger partial charge in [0.2, 0.25) is 5.91 Å². The van der Waals surface area contributed by atoms with Crippen molar-refractivity contribution in [1.29, 1.82) is 0 Å². The molecule has 2 rings (SSSR count). The number of carbonyl (C=O) groups excluding carboxylic acids is 1. The summed E-state index contributed by atoms with van der Waals surface area (Å²) in [5.74, 6) is -0.0638. The van der Waals surface area contributed by atoms with Gasteiger partial charge < -0.3 is 20.7 Å². The Morgan fingerprint density at radius 1 is 1.17 bits per heavy atom. The average molecular weight is 528 g/mol. The molecule has 1 aliphatic rings. The Kier molecular flexibility index (Phi) is 11.1. The van der Waals surface area contributed by atoms with E-state index in [4.69, 9.17) is 0 Å². The van der Waals surface area contributed by atoms with Gasteiger partial charge >= 0.3 is 6.36 Å². The molecule has 1 fully saturated rings. The zero-order chi connectivity index (χ0) is 20.4. The summed E-state index contributed by atoms with van der Waals surface area (Å²) in [6.45, 7) is 2.44. The van der Waals surface area contributed by atoms with Crippen LogP contribution in [0.15, 0.2) is 29.3 Å². The lowest BCUT2D eigenvalue weighted by molar-refractivity contribution is -0.274. The second-order valence-corrected chi connectivity index (χ2v) is 6.61. The van der Waals surface area contributed by atoms with Gasteiger partial charge in [0.15, 0.2) is 5.96 Å². The minimum atomic E-state index is -4.76. The van der Waals surface area contributed by atoms with Crippen LogP contribution in [0.2, 0.25) is 0 Å². The summed E-state index contributed by atoms with van der Waals surface area (Å²) in [7, 11) is 0. The molecule has 1 aromatic rings. The smallest absolute Gasteiger partial charge is 0.405 e. The van der Waals surface area contributed by atoms with E-state index in [1.165, 1.54) is 24.6 Å². The van der Waals surface area contributed by atoms with Crippen LogP contribution in [0.3, 0.4) is 0 Å². The molecule has 164 valence electrons. The Morgan fingerprint density at radius 3 is 2.52 bits per heavy atom. The third kappa shape index (κ3) is 10.0. The molecule has 0 saturated heterocycles. The van der Waals surface area contributed by atoms with Gasteiger partial charge in [-0.2, -0.15) is 0 Å². The van der Waals surface area contributed by atoms with Crippen molar-refractivity contribution in [3.8, 4) is 5.75 Å². The average Bonchev–Trinajstić information content (AvgIpc) is 2.64. The molecular formula is C19H28F3IN4O2. The van der Waals surface area contributed by atoms with Crippen LogP contribution >= 0.6 is 24.0 Å². The van der Waals surface area contributed by atoms with Crippen molar-refractivity contribution in [2.75, 3.05) is 13.1 Å². The standard InChI is InChI=1S/C19H27F3N4O2.HI/c1-2-23-18(25-13-17(27)26-15-9-4-3-5-10-15)24-12-14-8-6-7-11-16(14)28-19(20,21)22;/h6-8,11,15H,2-5,9-10,12-13H2,1H3,(H,26,27)(H2,23,24,25);1H. The molecule has 0 radical (unpaired) electrons. The molecule has 1 aliphatic carbocycles. The minimum absolute atomic E-state index is 0. The number of para-hydroxylation sites is 1. The fraction of sp³-hybridized carbons (Fsp3) is 0.579. The number of alkyl halides is 3. The molecule has 0 spiro atoms. The van der Waals surface area contributed by atoms with Gasteiger partial charge in [-0.3, -0.25) is 4.79 Å². The van der Waals surface area contributed by atoms with E-state index >= 15 is 0 Å². The maximum absolute atomic E-state index is 12.5. The summed E-state index contributed by atoms with van der Waals surface area (Å²) in [6, 6.07) is 6.06. The Bertz CT molecular complexity index is 665. The fourth-order valence-corrected chi connectivity index (χ4v) is 3.05. The van der Waals surface area contributed by atoms with Gasteiger partial charge in [-0.15, -0.1) is 37.1 Å². The van der Waals surface area contributed by atoms with Crippen LogP contribution in [-0.4, -0.2) is 37.4 Å². The summed E-state index contributed by atoms with van der Waals surface area (Å²) in [5, 5.41) is 8.88. The van der Waals surface area contributed by atoms with Crippen molar-refractivity contribution in [1.82, 2.24) is 16.0 Å². The number of amides is 1. The summed E-state index contributed by atoms with van der Waals surface area (Å²) in [5.41, 5.74) is 0.295. The van der Waals surface area contributed by atoms with Crippen LogP contribution in [0.4, 0.5) is 13.2 Å². The SMILES string of the molecule is CCNC(=NCc1ccccc1OC(F)(F)F)NCC(=O)NC1CCCCC1.I. The normalized spacial score (nSPS) is 15.2. The lowest BCUT2D eigenvalue weighted by Crippen LogP contribution is -2.46. The van der Waals surface area contributed by atoms with Gasteiger partial charge in [0.1, 0.15) is 5.75 Å². The van der Waals surface area contributed by atoms with Gasteiger partial charge in [0.25, 0.3) is 0 Å². The predicted molar refractivity (Wildman–Crippen MR) is 116 cm³/mol. The number of rotatable bonds is 7. The zero-order valence-electron chi connectivity index (χ0n) is 16.3. The molecule has 1 amide bonds. The van der Waals surface area contributed by atoms with E-state index in [-0.39, 0.29) is 54.8 Å². The van der Waals surface area contributed by atoms with Crippen LogP contribution in [-0.2, 0) is 11.3 Å². The van der Waals surface area contributed by atoms with E-state index in [0.29, 0.717) is 18.1 Å². The maximum Gasteiger partial charge on any atom is 0.573 e. The number of halogens is 4. The molecule has 10 heteroatoms. The monoisotopic (exact) mass is 528 g/mol. The van der Waals surface area contributed by atoms with Gasteiger partial charge in [0, 0.05) is 18.2 Å². The molecular weight excluding hydrogens is 500 g/mol. The third-order valence-electron chi connectivity index (χ3n) is 4.34. The first-order valence-corrected chi connectivity index (χ1v) is 9.52. The lowest BCUT2D eigenvalue weighted by Gasteiger charge is -2.23. The second kappa shape index (κ2) is 12.8. The molecule has 1 aromatic carbocycles. The number of hydrogen-bond donors (Lipinski definition) is 3.